The maximum atomic E-state index is 11.8. The van der Waals surface area contributed by atoms with Crippen LogP contribution in [-0.2, 0) is 6.54 Å². The van der Waals surface area contributed by atoms with Crippen molar-refractivity contribution >= 4 is 0 Å². The van der Waals surface area contributed by atoms with Crippen LogP contribution in [0.1, 0.15) is 17.1 Å². The molecule has 6 heteroatoms. The Kier molecular flexibility index (Phi) is 2.95. The lowest BCUT2D eigenvalue weighted by atomic mass is 10.3. The largest absolute Gasteiger partial charge is 0.468 e. The molecule has 0 N–H and O–H groups in total. The van der Waals surface area contributed by atoms with Crippen LogP contribution >= 0.6 is 0 Å². The van der Waals surface area contributed by atoms with E-state index in [1.165, 1.54) is 17.7 Å². The molecule has 2 aromatic rings. The summed E-state index contributed by atoms with van der Waals surface area (Å²) in [5, 5.41) is 3.76. The zero-order valence-electron chi connectivity index (χ0n) is 9.93. The minimum absolute atomic E-state index is 0.177. The van der Waals surface area contributed by atoms with Gasteiger partial charge in [-0.15, -0.1) is 0 Å². The standard InChI is InChI=1S/C11H13N3O3/c1-7-5-10(15)14(11(12-7)16-3)6-9-4-8(2)13-17-9/h4-5H,6H2,1-3H3. The first-order valence-electron chi connectivity index (χ1n) is 5.15. The number of hydrogen-bond acceptors (Lipinski definition) is 5. The van der Waals surface area contributed by atoms with Crippen LogP contribution in [-0.4, -0.2) is 21.8 Å². The number of ether oxygens (including phenoxy) is 1. The van der Waals surface area contributed by atoms with Gasteiger partial charge in [0.15, 0.2) is 5.76 Å². The van der Waals surface area contributed by atoms with Gasteiger partial charge < -0.3 is 9.26 Å². The van der Waals surface area contributed by atoms with E-state index in [2.05, 4.69) is 10.1 Å². The lowest BCUT2D eigenvalue weighted by Gasteiger charge is -2.08. The molecule has 90 valence electrons. The molecule has 0 aromatic carbocycles. The van der Waals surface area contributed by atoms with Crippen molar-refractivity contribution < 1.29 is 9.26 Å². The van der Waals surface area contributed by atoms with Crippen LogP contribution in [0.5, 0.6) is 6.01 Å². The van der Waals surface area contributed by atoms with Crippen LogP contribution in [0, 0.1) is 13.8 Å². The van der Waals surface area contributed by atoms with Crippen LogP contribution in [0.2, 0.25) is 0 Å². The Morgan fingerprint density at radius 2 is 2.12 bits per heavy atom. The predicted octanol–water partition coefficient (Wildman–Crippen LogP) is 0.905. The molecule has 0 bridgehead atoms. The van der Waals surface area contributed by atoms with E-state index in [1.807, 2.05) is 6.92 Å². The van der Waals surface area contributed by atoms with E-state index >= 15 is 0 Å². The second kappa shape index (κ2) is 4.40. The summed E-state index contributed by atoms with van der Waals surface area (Å²) in [6, 6.07) is 3.49. The molecular weight excluding hydrogens is 222 g/mol. The normalized spacial score (nSPS) is 10.5. The van der Waals surface area contributed by atoms with Gasteiger partial charge in [-0.05, 0) is 13.8 Å². The van der Waals surface area contributed by atoms with Gasteiger partial charge in [0.25, 0.3) is 11.6 Å². The Bertz CT molecular complexity index is 586. The summed E-state index contributed by atoms with van der Waals surface area (Å²) in [7, 11) is 1.48. The third-order valence-corrected chi connectivity index (χ3v) is 2.27. The van der Waals surface area contributed by atoms with Gasteiger partial charge in [0.1, 0.15) is 0 Å². The van der Waals surface area contributed by atoms with Crippen LogP contribution in [0.25, 0.3) is 0 Å². The van der Waals surface area contributed by atoms with Crippen molar-refractivity contribution in [3.8, 4) is 6.01 Å². The molecule has 17 heavy (non-hydrogen) atoms. The van der Waals surface area contributed by atoms with E-state index in [1.54, 1.807) is 13.0 Å². The van der Waals surface area contributed by atoms with Gasteiger partial charge in [-0.2, -0.15) is 0 Å². The molecule has 0 fully saturated rings. The maximum absolute atomic E-state index is 11.8. The monoisotopic (exact) mass is 235 g/mol. The van der Waals surface area contributed by atoms with Gasteiger partial charge in [0.05, 0.1) is 19.3 Å². The van der Waals surface area contributed by atoms with Gasteiger partial charge in [-0.1, -0.05) is 5.16 Å². The topological polar surface area (TPSA) is 70.2 Å². The number of aromatic nitrogens is 3. The van der Waals surface area contributed by atoms with Crippen LogP contribution in [0.3, 0.4) is 0 Å². The number of hydrogen-bond donors (Lipinski definition) is 0. The average molecular weight is 235 g/mol. The molecule has 6 nitrogen and oxygen atoms in total. The predicted molar refractivity (Wildman–Crippen MR) is 60.1 cm³/mol. The van der Waals surface area contributed by atoms with Crippen molar-refractivity contribution in [3.05, 3.63) is 39.6 Å². The number of nitrogens with zero attached hydrogens (tertiary/aromatic N) is 3. The molecule has 0 saturated carbocycles. The fourth-order valence-corrected chi connectivity index (χ4v) is 1.54. The van der Waals surface area contributed by atoms with Gasteiger partial charge in [-0.3, -0.25) is 9.36 Å². The van der Waals surface area contributed by atoms with E-state index in [-0.39, 0.29) is 18.1 Å². The summed E-state index contributed by atoms with van der Waals surface area (Å²) < 4.78 is 11.5. The summed E-state index contributed by atoms with van der Waals surface area (Å²) in [6.45, 7) is 3.82. The van der Waals surface area contributed by atoms with Crippen molar-refractivity contribution in [1.82, 2.24) is 14.7 Å². The first-order chi connectivity index (χ1) is 8.10. The van der Waals surface area contributed by atoms with Gasteiger partial charge in [0.2, 0.25) is 0 Å². The zero-order chi connectivity index (χ0) is 12.4. The van der Waals surface area contributed by atoms with E-state index in [0.717, 1.165) is 5.69 Å². The summed E-state index contributed by atoms with van der Waals surface area (Å²) in [6.07, 6.45) is 0. The molecule has 0 saturated heterocycles. The summed E-state index contributed by atoms with van der Waals surface area (Å²) in [5.74, 6) is 0.591. The average Bonchev–Trinajstić information content (AvgIpc) is 2.67. The van der Waals surface area contributed by atoms with Crippen molar-refractivity contribution in [2.75, 3.05) is 7.11 Å². The highest BCUT2D eigenvalue weighted by Crippen LogP contribution is 2.09. The summed E-state index contributed by atoms with van der Waals surface area (Å²) >= 11 is 0. The van der Waals surface area contributed by atoms with Crippen LogP contribution in [0.15, 0.2) is 21.5 Å². The van der Waals surface area contributed by atoms with Crippen LogP contribution < -0.4 is 10.3 Å². The van der Waals surface area contributed by atoms with E-state index < -0.39 is 0 Å². The molecule has 0 aliphatic rings. The Hall–Kier alpha value is -2.11. The molecule has 0 unspecified atom stereocenters. The molecular formula is C11H13N3O3. The molecule has 2 rings (SSSR count). The maximum Gasteiger partial charge on any atom is 0.299 e. The smallest absolute Gasteiger partial charge is 0.299 e. The van der Waals surface area contributed by atoms with Crippen molar-refractivity contribution in [1.29, 1.82) is 0 Å². The third kappa shape index (κ3) is 2.35. The number of methoxy groups -OCH3 is 1. The molecule has 0 spiro atoms. The van der Waals surface area contributed by atoms with Crippen LogP contribution in [0.4, 0.5) is 0 Å². The van der Waals surface area contributed by atoms with Crippen molar-refractivity contribution in [2.24, 2.45) is 0 Å². The molecule has 0 aliphatic heterocycles. The van der Waals surface area contributed by atoms with E-state index in [9.17, 15) is 4.79 Å². The lowest BCUT2D eigenvalue weighted by molar-refractivity contribution is 0.329. The zero-order valence-corrected chi connectivity index (χ0v) is 9.93. The lowest BCUT2D eigenvalue weighted by Crippen LogP contribution is -2.23. The number of aryl methyl sites for hydroxylation is 2. The molecule has 0 aliphatic carbocycles. The Balaban J connectivity index is 2.41. The van der Waals surface area contributed by atoms with E-state index in [4.69, 9.17) is 9.26 Å². The third-order valence-electron chi connectivity index (χ3n) is 2.27. The van der Waals surface area contributed by atoms with Crippen molar-refractivity contribution in [2.45, 2.75) is 20.4 Å². The Labute approximate surface area is 97.8 Å². The highest BCUT2D eigenvalue weighted by molar-refractivity contribution is 5.10. The minimum atomic E-state index is -0.177. The molecule has 2 heterocycles. The molecule has 0 radical (unpaired) electrons. The summed E-state index contributed by atoms with van der Waals surface area (Å²) in [5.41, 5.74) is 1.22. The first-order valence-corrected chi connectivity index (χ1v) is 5.15. The fourth-order valence-electron chi connectivity index (χ4n) is 1.54. The Morgan fingerprint density at radius 3 is 2.71 bits per heavy atom. The second-order valence-corrected chi connectivity index (χ2v) is 3.74. The fraction of sp³-hybridized carbons (Fsp3) is 0.364. The first kappa shape index (κ1) is 11.4. The number of rotatable bonds is 3. The van der Waals surface area contributed by atoms with E-state index in [0.29, 0.717) is 11.5 Å². The molecule has 0 amide bonds. The van der Waals surface area contributed by atoms with Gasteiger partial charge >= 0.3 is 0 Å². The quantitative estimate of drug-likeness (QED) is 0.790. The second-order valence-electron chi connectivity index (χ2n) is 3.74. The molecule has 0 atom stereocenters. The highest BCUT2D eigenvalue weighted by Gasteiger charge is 2.10. The minimum Gasteiger partial charge on any atom is -0.468 e. The van der Waals surface area contributed by atoms with Crippen molar-refractivity contribution in [3.63, 3.8) is 0 Å². The van der Waals surface area contributed by atoms with Gasteiger partial charge in [-0.25, -0.2) is 4.98 Å². The molecule has 2 aromatic heterocycles. The Morgan fingerprint density at radius 1 is 1.35 bits per heavy atom. The highest BCUT2D eigenvalue weighted by atomic mass is 16.5. The summed E-state index contributed by atoms with van der Waals surface area (Å²) in [4.78, 5) is 15.9. The van der Waals surface area contributed by atoms with Gasteiger partial charge in [0, 0.05) is 17.8 Å². The SMILES string of the molecule is COc1nc(C)cc(=O)n1Cc1cc(C)no1.